The highest BCUT2D eigenvalue weighted by molar-refractivity contribution is 7.99. The minimum Gasteiger partial charge on any atom is -0.325 e. The number of fused-ring (bicyclic) bond motifs is 1. The molecule has 2 aromatic heterocycles. The van der Waals surface area contributed by atoms with Gasteiger partial charge >= 0.3 is 0 Å². The number of aromatic nitrogens is 2. The molecule has 0 aliphatic rings. The van der Waals surface area contributed by atoms with Crippen LogP contribution in [-0.2, 0) is 11.8 Å². The normalized spacial score (nSPS) is 11.0. The first kappa shape index (κ1) is 19.4. The largest absolute Gasteiger partial charge is 0.325 e. The smallest absolute Gasteiger partial charge is 0.271 e. The fourth-order valence-corrected chi connectivity index (χ4v) is 4.81. The third-order valence-corrected chi connectivity index (χ3v) is 6.60. The first-order valence-electron chi connectivity index (χ1n) is 9.06. The highest BCUT2D eigenvalue weighted by Crippen LogP contribution is 2.31. The van der Waals surface area contributed by atoms with Crippen LogP contribution in [0.1, 0.15) is 5.56 Å². The Morgan fingerprint density at radius 3 is 2.69 bits per heavy atom. The van der Waals surface area contributed by atoms with Crippen molar-refractivity contribution in [2.75, 3.05) is 11.1 Å². The van der Waals surface area contributed by atoms with Crippen LogP contribution >= 0.6 is 23.1 Å². The summed E-state index contributed by atoms with van der Waals surface area (Å²) in [5, 5.41) is 3.40. The summed E-state index contributed by atoms with van der Waals surface area (Å²) in [7, 11) is 1.69. The topological polar surface area (TPSA) is 64.0 Å². The molecular formula is C22H19N3O2S2. The zero-order chi connectivity index (χ0) is 20.4. The highest BCUT2D eigenvalue weighted by atomic mass is 32.2. The number of anilines is 1. The molecule has 4 rings (SSSR count). The molecule has 0 saturated heterocycles. The summed E-state index contributed by atoms with van der Waals surface area (Å²) < 4.78 is 2.14. The maximum Gasteiger partial charge on any atom is 0.271 e. The maximum atomic E-state index is 12.8. The fourth-order valence-electron chi connectivity index (χ4n) is 2.96. The number of benzene rings is 2. The van der Waals surface area contributed by atoms with Gasteiger partial charge in [0.2, 0.25) is 5.91 Å². The van der Waals surface area contributed by atoms with E-state index in [1.165, 1.54) is 27.7 Å². The van der Waals surface area contributed by atoms with Crippen LogP contribution in [0, 0.1) is 6.92 Å². The minimum absolute atomic E-state index is 0.0937. The molecule has 1 amide bonds. The van der Waals surface area contributed by atoms with Crippen LogP contribution in [0.2, 0.25) is 0 Å². The number of carbonyl (C=O) groups is 1. The lowest BCUT2D eigenvalue weighted by Crippen LogP contribution is -2.20. The van der Waals surface area contributed by atoms with E-state index in [0.29, 0.717) is 15.4 Å². The second-order valence-electron chi connectivity index (χ2n) is 6.66. The molecule has 5 nitrogen and oxygen atoms in total. The number of thioether (sulfide) groups is 1. The first-order chi connectivity index (χ1) is 14.0. The van der Waals surface area contributed by atoms with E-state index in [9.17, 15) is 9.59 Å². The monoisotopic (exact) mass is 421 g/mol. The van der Waals surface area contributed by atoms with Gasteiger partial charge in [0.25, 0.3) is 5.56 Å². The van der Waals surface area contributed by atoms with Gasteiger partial charge in [-0.1, -0.05) is 54.2 Å². The summed E-state index contributed by atoms with van der Waals surface area (Å²) in [5.41, 5.74) is 3.47. The van der Waals surface area contributed by atoms with Gasteiger partial charge in [0.05, 0.1) is 11.3 Å². The van der Waals surface area contributed by atoms with Crippen LogP contribution in [0.25, 0.3) is 20.7 Å². The number of nitrogens with one attached hydrogen (secondary N) is 1. The summed E-state index contributed by atoms with van der Waals surface area (Å²) in [6.07, 6.45) is 0. The number of hydrogen-bond acceptors (Lipinski definition) is 5. The van der Waals surface area contributed by atoms with Crippen LogP contribution in [0.15, 0.2) is 70.6 Å². The average Bonchev–Trinajstić information content (AvgIpc) is 3.15. The van der Waals surface area contributed by atoms with Crippen LogP contribution in [0.5, 0.6) is 0 Å². The second kappa shape index (κ2) is 8.23. The minimum atomic E-state index is -0.134. The van der Waals surface area contributed by atoms with Gasteiger partial charge in [-0.05, 0) is 36.2 Å². The molecule has 0 spiro atoms. The summed E-state index contributed by atoms with van der Waals surface area (Å²) in [6.45, 7) is 1.98. The molecule has 1 N–H and O–H groups in total. The van der Waals surface area contributed by atoms with E-state index in [-0.39, 0.29) is 17.2 Å². The van der Waals surface area contributed by atoms with Gasteiger partial charge in [0.15, 0.2) is 5.16 Å². The van der Waals surface area contributed by atoms with E-state index in [0.717, 1.165) is 21.7 Å². The summed E-state index contributed by atoms with van der Waals surface area (Å²) in [4.78, 5) is 30.7. The molecule has 0 bridgehead atoms. The maximum absolute atomic E-state index is 12.8. The average molecular weight is 422 g/mol. The first-order valence-corrected chi connectivity index (χ1v) is 10.9. The van der Waals surface area contributed by atoms with E-state index < -0.39 is 0 Å². The van der Waals surface area contributed by atoms with E-state index in [2.05, 4.69) is 10.3 Å². The van der Waals surface area contributed by atoms with E-state index in [1.54, 1.807) is 7.05 Å². The molecule has 0 aliphatic carbocycles. The number of rotatable bonds is 5. The van der Waals surface area contributed by atoms with Gasteiger partial charge in [0.1, 0.15) is 4.70 Å². The Bertz CT molecular complexity index is 1250. The standard InChI is InChI=1S/C22H19N3O2S2/c1-14-7-6-10-16(11-14)23-19(26)13-28-22-24-17-12-18(15-8-4-3-5-9-15)29-20(17)21(27)25(22)2/h3-12H,13H2,1-2H3,(H,23,26). The second-order valence-corrected chi connectivity index (χ2v) is 8.65. The quantitative estimate of drug-likeness (QED) is 0.375. The zero-order valence-electron chi connectivity index (χ0n) is 16.0. The molecule has 7 heteroatoms. The lowest BCUT2D eigenvalue weighted by atomic mass is 10.2. The molecule has 29 heavy (non-hydrogen) atoms. The van der Waals surface area contributed by atoms with Crippen molar-refractivity contribution in [3.05, 3.63) is 76.6 Å². The van der Waals surface area contributed by atoms with Crippen molar-refractivity contribution in [2.24, 2.45) is 7.05 Å². The Morgan fingerprint density at radius 2 is 1.93 bits per heavy atom. The van der Waals surface area contributed by atoms with Gasteiger partial charge in [-0.25, -0.2) is 4.98 Å². The van der Waals surface area contributed by atoms with Crippen LogP contribution in [0.4, 0.5) is 5.69 Å². The van der Waals surface area contributed by atoms with Crippen molar-refractivity contribution in [1.29, 1.82) is 0 Å². The SMILES string of the molecule is Cc1cccc(NC(=O)CSc2nc3cc(-c4ccccc4)sc3c(=O)n2C)c1. The van der Waals surface area contributed by atoms with Gasteiger partial charge in [-0.15, -0.1) is 11.3 Å². The summed E-state index contributed by atoms with van der Waals surface area (Å²) in [5.74, 6) is 0.0420. The summed E-state index contributed by atoms with van der Waals surface area (Å²) >= 11 is 2.70. The van der Waals surface area contributed by atoms with Gasteiger partial charge in [0, 0.05) is 17.6 Å². The molecule has 0 aliphatic heterocycles. The van der Waals surface area contributed by atoms with Crippen LogP contribution < -0.4 is 10.9 Å². The van der Waals surface area contributed by atoms with Crippen molar-refractivity contribution in [3.8, 4) is 10.4 Å². The Balaban J connectivity index is 1.55. The molecule has 146 valence electrons. The molecular weight excluding hydrogens is 402 g/mol. The summed E-state index contributed by atoms with van der Waals surface area (Å²) in [6, 6.07) is 19.5. The van der Waals surface area contributed by atoms with E-state index >= 15 is 0 Å². The molecule has 2 aromatic carbocycles. The Labute approximate surface area is 176 Å². The molecule has 2 heterocycles. The lowest BCUT2D eigenvalue weighted by Gasteiger charge is -2.08. The predicted octanol–water partition coefficient (Wildman–Crippen LogP) is 4.70. The van der Waals surface area contributed by atoms with Crippen molar-refractivity contribution in [1.82, 2.24) is 9.55 Å². The number of carbonyl (C=O) groups excluding carboxylic acids is 1. The number of thiophene rings is 1. The van der Waals surface area contributed by atoms with Crippen molar-refractivity contribution < 1.29 is 4.79 Å². The van der Waals surface area contributed by atoms with E-state index in [4.69, 9.17) is 0 Å². The molecule has 0 fully saturated rings. The number of nitrogens with zero attached hydrogens (tertiary/aromatic N) is 2. The molecule has 0 radical (unpaired) electrons. The Morgan fingerprint density at radius 1 is 1.14 bits per heavy atom. The predicted molar refractivity (Wildman–Crippen MR) is 121 cm³/mol. The van der Waals surface area contributed by atoms with Gasteiger partial charge < -0.3 is 5.32 Å². The van der Waals surface area contributed by atoms with Crippen molar-refractivity contribution >= 4 is 44.9 Å². The van der Waals surface area contributed by atoms with Crippen molar-refractivity contribution in [2.45, 2.75) is 12.1 Å². The fraction of sp³-hybridized carbons (Fsp3) is 0.136. The lowest BCUT2D eigenvalue weighted by molar-refractivity contribution is -0.113. The highest BCUT2D eigenvalue weighted by Gasteiger charge is 2.14. The van der Waals surface area contributed by atoms with Gasteiger partial charge in [-0.3, -0.25) is 14.2 Å². The molecule has 0 saturated carbocycles. The zero-order valence-corrected chi connectivity index (χ0v) is 17.6. The number of aryl methyl sites for hydroxylation is 1. The third kappa shape index (κ3) is 4.26. The third-order valence-electron chi connectivity index (χ3n) is 4.41. The number of hydrogen-bond donors (Lipinski definition) is 1. The molecule has 4 aromatic rings. The molecule has 0 atom stereocenters. The Kier molecular flexibility index (Phi) is 5.51. The van der Waals surface area contributed by atoms with E-state index in [1.807, 2.05) is 67.6 Å². The number of amides is 1. The van der Waals surface area contributed by atoms with Gasteiger partial charge in [-0.2, -0.15) is 0 Å². The van der Waals surface area contributed by atoms with Crippen LogP contribution in [0.3, 0.4) is 0 Å². The molecule has 0 unspecified atom stereocenters. The Hall–Kier alpha value is -2.90. The van der Waals surface area contributed by atoms with Crippen LogP contribution in [-0.4, -0.2) is 21.2 Å². The van der Waals surface area contributed by atoms with Crippen molar-refractivity contribution in [3.63, 3.8) is 0 Å².